The van der Waals surface area contributed by atoms with E-state index in [-0.39, 0.29) is 6.04 Å². The van der Waals surface area contributed by atoms with Crippen molar-refractivity contribution >= 4 is 23.2 Å². The van der Waals surface area contributed by atoms with Crippen molar-refractivity contribution < 1.29 is 4.79 Å². The summed E-state index contributed by atoms with van der Waals surface area (Å²) in [5.41, 5.74) is 8.95. The van der Waals surface area contributed by atoms with Crippen LogP contribution in [0, 0.1) is 6.92 Å². The second-order valence-corrected chi connectivity index (χ2v) is 7.00. The Balaban J connectivity index is 1.88. The molecule has 1 aromatic carbocycles. The van der Waals surface area contributed by atoms with Gasteiger partial charge in [0.05, 0.1) is 5.57 Å². The number of nitrogens with zero attached hydrogens (tertiary/aromatic N) is 3. The molecule has 7 heteroatoms. The lowest BCUT2D eigenvalue weighted by atomic mass is 10.0. The predicted molar refractivity (Wildman–Crippen MR) is 98.2 cm³/mol. The van der Waals surface area contributed by atoms with Crippen LogP contribution in [-0.2, 0) is 4.79 Å². The Hall–Kier alpha value is -2.93. The lowest BCUT2D eigenvalue weighted by Gasteiger charge is -2.26. The van der Waals surface area contributed by atoms with Crippen LogP contribution in [-0.4, -0.2) is 20.7 Å². The van der Waals surface area contributed by atoms with Crippen LogP contribution in [0.2, 0.25) is 0 Å². The van der Waals surface area contributed by atoms with Crippen LogP contribution in [0.4, 0.5) is 5.95 Å². The Labute approximate surface area is 149 Å². The molecule has 3 aromatic rings. The molecule has 0 saturated heterocycles. The zero-order valence-corrected chi connectivity index (χ0v) is 14.7. The highest BCUT2D eigenvalue weighted by atomic mass is 32.1. The van der Waals surface area contributed by atoms with E-state index < -0.39 is 5.91 Å². The Morgan fingerprint density at radius 3 is 2.80 bits per heavy atom. The summed E-state index contributed by atoms with van der Waals surface area (Å²) in [6, 6.07) is 11.6. The van der Waals surface area contributed by atoms with Crippen molar-refractivity contribution in [3.63, 3.8) is 0 Å². The minimum Gasteiger partial charge on any atom is -0.366 e. The van der Waals surface area contributed by atoms with Crippen LogP contribution in [0.5, 0.6) is 0 Å². The average Bonchev–Trinajstić information content (AvgIpc) is 3.22. The number of allylic oxidation sites excluding steroid dienone is 1. The monoisotopic (exact) mass is 351 g/mol. The van der Waals surface area contributed by atoms with E-state index >= 15 is 0 Å². The summed E-state index contributed by atoms with van der Waals surface area (Å²) < 4.78 is 1.75. The third-order valence-electron chi connectivity index (χ3n) is 4.21. The van der Waals surface area contributed by atoms with E-state index in [0.29, 0.717) is 23.0 Å². The summed E-state index contributed by atoms with van der Waals surface area (Å²) in [5.74, 6) is 0.769. The Morgan fingerprint density at radius 2 is 2.12 bits per heavy atom. The van der Waals surface area contributed by atoms with Gasteiger partial charge in [-0.3, -0.25) is 4.79 Å². The third-order valence-corrected chi connectivity index (χ3v) is 5.13. The van der Waals surface area contributed by atoms with Gasteiger partial charge in [0.1, 0.15) is 6.04 Å². The van der Waals surface area contributed by atoms with Gasteiger partial charge in [-0.15, -0.1) is 16.4 Å². The lowest BCUT2D eigenvalue weighted by Crippen LogP contribution is -2.31. The van der Waals surface area contributed by atoms with Crippen molar-refractivity contribution in [3.8, 4) is 11.4 Å². The maximum Gasteiger partial charge on any atom is 0.248 e. The predicted octanol–water partition coefficient (Wildman–Crippen LogP) is 3.09. The third kappa shape index (κ3) is 2.62. The highest BCUT2D eigenvalue weighted by molar-refractivity contribution is 7.10. The number of benzene rings is 1. The number of fused-ring (bicyclic) bond motifs is 1. The van der Waals surface area contributed by atoms with Gasteiger partial charge in [-0.25, -0.2) is 4.68 Å². The number of amides is 1. The molecule has 0 bridgehead atoms. The van der Waals surface area contributed by atoms with E-state index in [0.717, 1.165) is 16.0 Å². The molecule has 25 heavy (non-hydrogen) atoms. The van der Waals surface area contributed by atoms with E-state index in [2.05, 4.69) is 15.4 Å². The number of carbonyl (C=O) groups is 1. The largest absolute Gasteiger partial charge is 0.366 e. The highest BCUT2D eigenvalue weighted by Gasteiger charge is 2.33. The lowest BCUT2D eigenvalue weighted by molar-refractivity contribution is -0.115. The number of carbonyl (C=O) groups excluding carboxylic acids is 1. The van der Waals surface area contributed by atoms with Gasteiger partial charge in [0.2, 0.25) is 11.9 Å². The smallest absolute Gasteiger partial charge is 0.248 e. The number of anilines is 1. The molecule has 1 amide bonds. The first-order valence-electron chi connectivity index (χ1n) is 7.89. The number of hydrogen-bond acceptors (Lipinski definition) is 5. The van der Waals surface area contributed by atoms with Crippen molar-refractivity contribution in [3.05, 3.63) is 63.5 Å². The Bertz CT molecular complexity index is 987. The fourth-order valence-corrected chi connectivity index (χ4v) is 3.90. The second-order valence-electron chi connectivity index (χ2n) is 6.02. The van der Waals surface area contributed by atoms with Crippen molar-refractivity contribution in [1.82, 2.24) is 14.8 Å². The quantitative estimate of drug-likeness (QED) is 0.759. The zero-order chi connectivity index (χ0) is 17.6. The molecule has 0 radical (unpaired) electrons. The molecule has 3 N–H and O–H groups in total. The van der Waals surface area contributed by atoms with Crippen LogP contribution in [0.25, 0.3) is 11.4 Å². The number of primary amides is 1. The number of nitrogens with one attached hydrogen (secondary N) is 1. The molecular formula is C18H17N5OS. The first-order valence-corrected chi connectivity index (χ1v) is 8.77. The van der Waals surface area contributed by atoms with Crippen molar-refractivity contribution in [1.29, 1.82) is 0 Å². The molecular weight excluding hydrogens is 334 g/mol. The molecule has 3 heterocycles. The summed E-state index contributed by atoms with van der Waals surface area (Å²) in [6.45, 7) is 3.87. The first-order chi connectivity index (χ1) is 12.0. The van der Waals surface area contributed by atoms with Crippen LogP contribution in [0.3, 0.4) is 0 Å². The molecule has 1 atom stereocenters. The summed E-state index contributed by atoms with van der Waals surface area (Å²) in [4.78, 5) is 17.7. The van der Waals surface area contributed by atoms with E-state index in [9.17, 15) is 4.79 Å². The number of aromatic nitrogens is 3. The number of nitrogens with two attached hydrogens (primary N) is 1. The highest BCUT2D eigenvalue weighted by Crippen LogP contribution is 2.37. The fourth-order valence-electron chi connectivity index (χ4n) is 3.09. The number of hydrogen-bond donors (Lipinski definition) is 2. The van der Waals surface area contributed by atoms with Gasteiger partial charge >= 0.3 is 0 Å². The molecule has 0 aliphatic carbocycles. The van der Waals surface area contributed by atoms with Gasteiger partial charge in [-0.05, 0) is 31.4 Å². The Morgan fingerprint density at radius 1 is 1.28 bits per heavy atom. The van der Waals surface area contributed by atoms with E-state index in [1.165, 1.54) is 0 Å². The van der Waals surface area contributed by atoms with E-state index in [1.54, 1.807) is 16.0 Å². The standard InChI is InChI=1S/C18H17N5OS/c1-10-5-3-6-12(9-10)17-21-18-20-11(2)14(16(19)24)15(23(18)22-17)13-7-4-8-25-13/h3-9,15H,1-2H3,(H2,19,24)(H,20,21,22)/t15-/m1/s1. The zero-order valence-electron chi connectivity index (χ0n) is 13.9. The van der Waals surface area contributed by atoms with Gasteiger partial charge in [-0.2, -0.15) is 4.98 Å². The van der Waals surface area contributed by atoms with Gasteiger partial charge in [0, 0.05) is 16.1 Å². The SMILES string of the molecule is CC1=C(C(N)=O)[C@@H](c2cccs2)n2nc(-c3cccc(C)c3)nc2N1. The van der Waals surface area contributed by atoms with Crippen LogP contribution >= 0.6 is 11.3 Å². The number of aryl methyl sites for hydroxylation is 1. The molecule has 126 valence electrons. The molecule has 1 aliphatic heterocycles. The number of rotatable bonds is 3. The average molecular weight is 351 g/mol. The molecule has 0 fully saturated rings. The van der Waals surface area contributed by atoms with Crippen molar-refractivity contribution in [2.45, 2.75) is 19.9 Å². The van der Waals surface area contributed by atoms with Crippen molar-refractivity contribution in [2.24, 2.45) is 5.73 Å². The van der Waals surface area contributed by atoms with E-state index in [1.807, 2.05) is 55.6 Å². The van der Waals surface area contributed by atoms with Crippen LogP contribution < -0.4 is 11.1 Å². The van der Waals surface area contributed by atoms with Gasteiger partial charge in [0.15, 0.2) is 5.82 Å². The molecule has 4 rings (SSSR count). The van der Waals surface area contributed by atoms with Crippen LogP contribution in [0.15, 0.2) is 53.0 Å². The molecule has 0 spiro atoms. The minimum absolute atomic E-state index is 0.361. The number of thiophene rings is 1. The topological polar surface area (TPSA) is 85.8 Å². The fraction of sp³-hybridized carbons (Fsp3) is 0.167. The molecule has 1 aliphatic rings. The molecule has 2 aromatic heterocycles. The van der Waals surface area contributed by atoms with Crippen LogP contribution in [0.1, 0.15) is 23.4 Å². The van der Waals surface area contributed by atoms with Crippen molar-refractivity contribution in [2.75, 3.05) is 5.32 Å². The van der Waals surface area contributed by atoms with Gasteiger partial charge in [0.25, 0.3) is 0 Å². The normalized spacial score (nSPS) is 16.5. The Kier molecular flexibility index (Phi) is 3.65. The molecule has 0 unspecified atom stereocenters. The molecule has 0 saturated carbocycles. The molecule has 6 nitrogen and oxygen atoms in total. The first kappa shape index (κ1) is 15.6. The summed E-state index contributed by atoms with van der Waals surface area (Å²) in [6.07, 6.45) is 0. The maximum atomic E-state index is 12.1. The maximum absolute atomic E-state index is 12.1. The summed E-state index contributed by atoms with van der Waals surface area (Å²) in [5, 5.41) is 9.81. The summed E-state index contributed by atoms with van der Waals surface area (Å²) in [7, 11) is 0. The van der Waals surface area contributed by atoms with Gasteiger partial charge < -0.3 is 11.1 Å². The summed E-state index contributed by atoms with van der Waals surface area (Å²) >= 11 is 1.57. The van der Waals surface area contributed by atoms with E-state index in [4.69, 9.17) is 5.73 Å². The van der Waals surface area contributed by atoms with Gasteiger partial charge in [-0.1, -0.05) is 29.8 Å². The second kappa shape index (κ2) is 5.86. The minimum atomic E-state index is -0.457.